The zero-order valence-electron chi connectivity index (χ0n) is 12.1. The Balaban J connectivity index is 3.14. The van der Waals surface area contributed by atoms with Crippen LogP contribution in [0.25, 0.3) is 4.98 Å². The van der Waals surface area contributed by atoms with Crippen molar-refractivity contribution in [3.63, 3.8) is 0 Å². The van der Waals surface area contributed by atoms with Gasteiger partial charge >= 0.3 is 12.0 Å². The molecule has 0 spiro atoms. The number of carbonyl (C=O) groups excluding carboxylic acids is 1. The monoisotopic (exact) mass is 312 g/mol. The molecule has 3 N–H and O–H groups in total. The maximum atomic E-state index is 12.1. The molecule has 0 aliphatic rings. The van der Waals surface area contributed by atoms with Crippen LogP contribution in [0.15, 0.2) is 23.1 Å². The number of nitrogens with zero attached hydrogens (tertiary/aromatic N) is 2. The smallest absolute Gasteiger partial charge is 0.413 e. The molecule has 0 amide bonds. The van der Waals surface area contributed by atoms with Crippen LogP contribution in [0.5, 0.6) is 5.75 Å². The molecule has 0 aliphatic carbocycles. The van der Waals surface area contributed by atoms with Gasteiger partial charge in [0.1, 0.15) is 15.6 Å². The number of nitrogens with two attached hydrogens (primary N) is 1. The summed E-state index contributed by atoms with van der Waals surface area (Å²) >= 11 is -2.31. The number of hydrogen-bond acceptors (Lipinski definition) is 5. The van der Waals surface area contributed by atoms with E-state index in [9.17, 15) is 13.6 Å². The standard InChI is InChI=1S/C13H17N3O4S/c1-13(2,3)11(16-15)12(17)20-9-6-8(7-14)4-5-10(9)21(18)19/h4-6,11H,7,14H2,1-3H3/p+1. The number of esters is 1. The molecule has 1 aromatic rings. The van der Waals surface area contributed by atoms with Crippen molar-refractivity contribution in [2.75, 3.05) is 0 Å². The van der Waals surface area contributed by atoms with Gasteiger partial charge in [-0.25, -0.2) is 9.00 Å². The Morgan fingerprint density at radius 1 is 1.52 bits per heavy atom. The quantitative estimate of drug-likeness (QED) is 0.379. The molecule has 2 atom stereocenters. The maximum absolute atomic E-state index is 12.1. The SMILES string of the molecule is CC(C)(C)C([N+]#N)C(=O)Oc1cc(CN)ccc1S(=O)O. The number of benzene rings is 1. The van der Waals surface area contributed by atoms with E-state index in [1.807, 2.05) is 0 Å². The molecule has 114 valence electrons. The molecular weight excluding hydrogens is 294 g/mol. The number of rotatable bonds is 4. The first-order valence-corrected chi connectivity index (χ1v) is 7.31. The molecule has 0 aromatic heterocycles. The van der Waals surface area contributed by atoms with Crippen molar-refractivity contribution in [2.45, 2.75) is 38.3 Å². The summed E-state index contributed by atoms with van der Waals surface area (Å²) in [4.78, 5) is 15.1. The maximum Gasteiger partial charge on any atom is 0.413 e. The van der Waals surface area contributed by atoms with Crippen LogP contribution < -0.4 is 10.5 Å². The van der Waals surface area contributed by atoms with Gasteiger partial charge in [0, 0.05) is 6.54 Å². The average Bonchev–Trinajstić information content (AvgIpc) is 2.37. The second kappa shape index (κ2) is 6.76. The lowest BCUT2D eigenvalue weighted by molar-refractivity contribution is -0.137. The molecule has 0 heterocycles. The predicted molar refractivity (Wildman–Crippen MR) is 77.3 cm³/mol. The van der Waals surface area contributed by atoms with Gasteiger partial charge in [-0.2, -0.15) is 0 Å². The van der Waals surface area contributed by atoms with Crippen LogP contribution in [-0.2, 0) is 22.4 Å². The third-order valence-electron chi connectivity index (χ3n) is 2.80. The van der Waals surface area contributed by atoms with E-state index >= 15 is 0 Å². The Morgan fingerprint density at radius 2 is 2.14 bits per heavy atom. The molecule has 0 saturated carbocycles. The van der Waals surface area contributed by atoms with Crippen LogP contribution in [-0.4, -0.2) is 20.8 Å². The summed E-state index contributed by atoms with van der Waals surface area (Å²) in [6.07, 6.45) is 0. The summed E-state index contributed by atoms with van der Waals surface area (Å²) in [7, 11) is 0. The highest BCUT2D eigenvalue weighted by Crippen LogP contribution is 2.27. The largest absolute Gasteiger partial charge is 0.419 e. The summed E-state index contributed by atoms with van der Waals surface area (Å²) in [5, 5.41) is 8.98. The van der Waals surface area contributed by atoms with E-state index in [4.69, 9.17) is 15.9 Å². The fourth-order valence-electron chi connectivity index (χ4n) is 1.64. The zero-order valence-corrected chi connectivity index (χ0v) is 12.9. The van der Waals surface area contributed by atoms with Crippen molar-refractivity contribution in [2.24, 2.45) is 11.1 Å². The summed E-state index contributed by atoms with van der Waals surface area (Å²) in [6, 6.07) is 3.24. The van der Waals surface area contributed by atoms with E-state index in [0.717, 1.165) is 0 Å². The molecule has 7 nitrogen and oxygen atoms in total. The van der Waals surface area contributed by atoms with Crippen LogP contribution in [0.2, 0.25) is 0 Å². The molecule has 8 heteroatoms. The second-order valence-corrected chi connectivity index (χ2v) is 6.48. The highest BCUT2D eigenvalue weighted by atomic mass is 32.2. The third kappa shape index (κ3) is 4.32. The van der Waals surface area contributed by atoms with E-state index in [1.54, 1.807) is 26.8 Å². The lowest BCUT2D eigenvalue weighted by atomic mass is 9.87. The molecule has 0 saturated heterocycles. The summed E-state index contributed by atoms with van der Waals surface area (Å²) in [5.74, 6) is -0.882. The van der Waals surface area contributed by atoms with Gasteiger partial charge in [-0.15, -0.1) is 0 Å². The first-order chi connectivity index (χ1) is 9.70. The first-order valence-electron chi connectivity index (χ1n) is 6.20. The zero-order chi connectivity index (χ0) is 16.2. The minimum Gasteiger partial charge on any atom is -0.419 e. The second-order valence-electron chi connectivity index (χ2n) is 5.54. The summed E-state index contributed by atoms with van der Waals surface area (Å²) in [5.41, 5.74) is 5.48. The van der Waals surface area contributed by atoms with Gasteiger partial charge in [-0.1, -0.05) is 26.8 Å². The molecule has 1 aromatic carbocycles. The number of diazo groups is 1. The van der Waals surface area contributed by atoms with E-state index in [1.165, 1.54) is 12.1 Å². The molecule has 2 unspecified atom stereocenters. The molecule has 0 bridgehead atoms. The van der Waals surface area contributed by atoms with Crippen molar-refractivity contribution < 1.29 is 18.3 Å². The molecule has 1 rings (SSSR count). The Bertz CT molecular complexity index is 604. The third-order valence-corrected chi connectivity index (χ3v) is 3.52. The van der Waals surface area contributed by atoms with Gasteiger partial charge in [0.25, 0.3) is 0 Å². The molecule has 21 heavy (non-hydrogen) atoms. The highest BCUT2D eigenvalue weighted by molar-refractivity contribution is 7.79. The first kappa shape index (κ1) is 17.2. The molecule has 0 fully saturated rings. The Kier molecular flexibility index (Phi) is 5.54. The Labute approximate surface area is 125 Å². The van der Waals surface area contributed by atoms with Crippen molar-refractivity contribution in [3.8, 4) is 5.75 Å². The van der Waals surface area contributed by atoms with Gasteiger partial charge in [0.05, 0.1) is 5.41 Å². The Morgan fingerprint density at radius 3 is 2.57 bits per heavy atom. The van der Waals surface area contributed by atoms with Crippen molar-refractivity contribution in [1.82, 2.24) is 0 Å². The van der Waals surface area contributed by atoms with Gasteiger partial charge in [0.15, 0.2) is 11.1 Å². The van der Waals surface area contributed by atoms with Crippen LogP contribution >= 0.6 is 0 Å². The Hall–Kier alpha value is -1.82. The van der Waals surface area contributed by atoms with E-state index in [-0.39, 0.29) is 17.2 Å². The summed E-state index contributed by atoms with van der Waals surface area (Å²) in [6.45, 7) is 5.32. The van der Waals surface area contributed by atoms with Crippen molar-refractivity contribution in [3.05, 3.63) is 28.7 Å². The fraction of sp³-hybridized carbons (Fsp3) is 0.462. The topological polar surface area (TPSA) is 118 Å². The lowest BCUT2D eigenvalue weighted by Gasteiger charge is -2.15. The van der Waals surface area contributed by atoms with E-state index in [2.05, 4.69) is 4.98 Å². The highest BCUT2D eigenvalue weighted by Gasteiger charge is 2.45. The van der Waals surface area contributed by atoms with Crippen LogP contribution in [0, 0.1) is 10.8 Å². The van der Waals surface area contributed by atoms with Crippen LogP contribution in [0.3, 0.4) is 0 Å². The predicted octanol–water partition coefficient (Wildman–Crippen LogP) is 1.90. The van der Waals surface area contributed by atoms with Gasteiger partial charge in [-0.3, -0.25) is 0 Å². The van der Waals surface area contributed by atoms with Crippen molar-refractivity contribution >= 4 is 17.0 Å². The number of carbonyl (C=O) groups is 1. The minimum absolute atomic E-state index is 0.0499. The van der Waals surface area contributed by atoms with Crippen LogP contribution in [0.4, 0.5) is 0 Å². The normalized spacial score (nSPS) is 14.1. The number of ether oxygens (including phenoxy) is 1. The van der Waals surface area contributed by atoms with Crippen LogP contribution in [0.1, 0.15) is 26.3 Å². The molecule has 0 radical (unpaired) electrons. The van der Waals surface area contributed by atoms with Gasteiger partial charge in [-0.05, 0) is 17.7 Å². The molecular formula is C13H18N3O4S+. The van der Waals surface area contributed by atoms with E-state index < -0.39 is 28.5 Å². The molecule has 0 aliphatic heterocycles. The summed E-state index contributed by atoms with van der Waals surface area (Å²) < 4.78 is 25.6. The number of hydrogen-bond donors (Lipinski definition) is 2. The van der Waals surface area contributed by atoms with E-state index in [0.29, 0.717) is 5.56 Å². The van der Waals surface area contributed by atoms with Crippen molar-refractivity contribution in [1.29, 1.82) is 5.39 Å². The van der Waals surface area contributed by atoms with Gasteiger partial charge in [0.2, 0.25) is 5.39 Å². The fourth-order valence-corrected chi connectivity index (χ4v) is 2.10. The van der Waals surface area contributed by atoms with Gasteiger partial charge < -0.3 is 15.0 Å². The minimum atomic E-state index is -2.31. The lowest BCUT2D eigenvalue weighted by Crippen LogP contribution is -2.35. The average molecular weight is 312 g/mol.